The summed E-state index contributed by atoms with van der Waals surface area (Å²) in [5.41, 5.74) is 3.06. The van der Waals surface area contributed by atoms with Crippen LogP contribution >= 0.6 is 0 Å². The maximum absolute atomic E-state index is 4.31. The van der Waals surface area contributed by atoms with Crippen molar-refractivity contribution in [1.29, 1.82) is 0 Å². The lowest BCUT2D eigenvalue weighted by Crippen LogP contribution is -2.32. The van der Waals surface area contributed by atoms with Gasteiger partial charge in [-0.05, 0) is 5.57 Å². The van der Waals surface area contributed by atoms with Crippen LogP contribution in [-0.4, -0.2) is 11.8 Å². The fourth-order valence-electron chi connectivity index (χ4n) is 1.69. The third-order valence-electron chi connectivity index (χ3n) is 2.19. The van der Waals surface area contributed by atoms with E-state index in [-0.39, 0.29) is 0 Å². The molecule has 1 saturated carbocycles. The van der Waals surface area contributed by atoms with Gasteiger partial charge < -0.3 is 0 Å². The molecule has 2 atom stereocenters. The van der Waals surface area contributed by atoms with Crippen LogP contribution < -0.4 is 0 Å². The molecule has 5 aliphatic rings. The van der Waals surface area contributed by atoms with Gasteiger partial charge in [-0.15, -0.1) is 0 Å². The van der Waals surface area contributed by atoms with Crippen molar-refractivity contribution in [3.05, 3.63) is 11.6 Å². The largest absolute Gasteiger partial charge is 0.284 e. The summed E-state index contributed by atoms with van der Waals surface area (Å²) in [5, 5.41) is 0. The first-order valence-corrected chi connectivity index (χ1v) is 2.72. The molecule has 0 aromatic heterocycles. The van der Waals surface area contributed by atoms with E-state index in [9.17, 15) is 0 Å². The summed E-state index contributed by atoms with van der Waals surface area (Å²) in [4.78, 5) is 4.31. The minimum atomic E-state index is 0.704. The SMILES string of the molecule is C1=C2CC3=NC2C13. The predicted molar refractivity (Wildman–Crippen MR) is 27.4 cm³/mol. The molecule has 4 bridgehead atoms. The zero-order valence-corrected chi connectivity index (χ0v) is 3.89. The van der Waals surface area contributed by atoms with Crippen molar-refractivity contribution in [3.63, 3.8) is 0 Å². The van der Waals surface area contributed by atoms with Gasteiger partial charge in [-0.1, -0.05) is 6.08 Å². The van der Waals surface area contributed by atoms with Crippen molar-refractivity contribution in [3.8, 4) is 0 Å². The molecule has 1 heteroatoms. The molecule has 3 aliphatic carbocycles. The Bertz CT molecular complexity index is 178. The summed E-state index contributed by atoms with van der Waals surface area (Å²) >= 11 is 0. The van der Waals surface area contributed by atoms with E-state index >= 15 is 0 Å². The van der Waals surface area contributed by atoms with E-state index in [4.69, 9.17) is 0 Å². The lowest BCUT2D eigenvalue weighted by atomic mass is 9.86. The topological polar surface area (TPSA) is 12.4 Å². The molecule has 0 spiro atoms. The van der Waals surface area contributed by atoms with Gasteiger partial charge in [-0.25, -0.2) is 0 Å². The second-order valence-corrected chi connectivity index (χ2v) is 2.51. The number of rotatable bonds is 0. The summed E-state index contributed by atoms with van der Waals surface area (Å²) in [6.07, 6.45) is 3.59. The highest BCUT2D eigenvalue weighted by Gasteiger charge is 2.50. The van der Waals surface area contributed by atoms with Gasteiger partial charge in [0.1, 0.15) is 0 Å². The molecule has 0 N–H and O–H groups in total. The van der Waals surface area contributed by atoms with Gasteiger partial charge in [-0.3, -0.25) is 4.99 Å². The minimum Gasteiger partial charge on any atom is -0.284 e. The van der Waals surface area contributed by atoms with Gasteiger partial charge in [0.15, 0.2) is 0 Å². The van der Waals surface area contributed by atoms with Gasteiger partial charge >= 0.3 is 0 Å². The summed E-state index contributed by atoms with van der Waals surface area (Å²) in [6, 6.07) is 0.704. The third kappa shape index (κ3) is 0.115. The van der Waals surface area contributed by atoms with Crippen LogP contribution in [0.25, 0.3) is 0 Å². The molecular formula is C6H5N. The zero-order chi connectivity index (χ0) is 4.43. The average Bonchev–Trinajstić information content (AvgIpc) is 2.14. The van der Waals surface area contributed by atoms with Crippen LogP contribution in [0.3, 0.4) is 0 Å². The summed E-state index contributed by atoms with van der Waals surface area (Å²) in [5.74, 6) is 0.843. The molecule has 1 nitrogen and oxygen atoms in total. The Morgan fingerprint density at radius 2 is 2.71 bits per heavy atom. The van der Waals surface area contributed by atoms with Crippen molar-refractivity contribution >= 4 is 5.71 Å². The van der Waals surface area contributed by atoms with Gasteiger partial charge in [0.05, 0.1) is 6.04 Å². The van der Waals surface area contributed by atoms with Crippen molar-refractivity contribution in [2.24, 2.45) is 10.9 Å². The van der Waals surface area contributed by atoms with Gasteiger partial charge in [0, 0.05) is 18.1 Å². The third-order valence-corrected chi connectivity index (χ3v) is 2.19. The van der Waals surface area contributed by atoms with Gasteiger partial charge in [0.25, 0.3) is 0 Å². The minimum absolute atomic E-state index is 0.704. The molecule has 5 rings (SSSR count). The molecule has 0 amide bonds. The van der Waals surface area contributed by atoms with Crippen LogP contribution in [0.1, 0.15) is 6.42 Å². The normalized spacial score (nSPS) is 49.1. The first-order valence-electron chi connectivity index (χ1n) is 2.72. The van der Waals surface area contributed by atoms with E-state index in [1.807, 2.05) is 0 Å². The number of dihydropyridines is 1. The van der Waals surface area contributed by atoms with E-state index in [0.29, 0.717) is 6.04 Å². The van der Waals surface area contributed by atoms with E-state index in [2.05, 4.69) is 11.1 Å². The molecular weight excluding hydrogens is 86.1 g/mol. The Balaban J connectivity index is 2.43. The van der Waals surface area contributed by atoms with Crippen LogP contribution in [-0.2, 0) is 0 Å². The quantitative estimate of drug-likeness (QED) is 0.390. The Kier molecular flexibility index (Phi) is 0.192. The van der Waals surface area contributed by atoms with Crippen molar-refractivity contribution in [2.45, 2.75) is 12.5 Å². The first-order chi connectivity index (χ1) is 3.45. The molecule has 0 saturated heterocycles. The first kappa shape index (κ1) is 2.65. The van der Waals surface area contributed by atoms with Gasteiger partial charge in [-0.2, -0.15) is 0 Å². The average molecular weight is 91.1 g/mol. The maximum atomic E-state index is 4.31. The van der Waals surface area contributed by atoms with Crippen LogP contribution in [0.5, 0.6) is 0 Å². The number of hydrogen-bond acceptors (Lipinski definition) is 1. The highest BCUT2D eigenvalue weighted by Crippen LogP contribution is 2.49. The highest BCUT2D eigenvalue weighted by atomic mass is 15.0. The molecule has 0 radical (unpaired) electrons. The molecule has 34 valence electrons. The summed E-state index contributed by atoms with van der Waals surface area (Å²) in [6.45, 7) is 0. The van der Waals surface area contributed by atoms with Crippen molar-refractivity contribution < 1.29 is 0 Å². The standard InChI is InChI=1S/C6H5N/c1-3-2-5-4(1)6(3)7-5/h1,4,6H,2H2. The van der Waals surface area contributed by atoms with Crippen molar-refractivity contribution in [1.82, 2.24) is 0 Å². The summed E-state index contributed by atoms with van der Waals surface area (Å²) in [7, 11) is 0. The monoisotopic (exact) mass is 91.0 g/mol. The van der Waals surface area contributed by atoms with Crippen LogP contribution in [0.2, 0.25) is 0 Å². The second-order valence-electron chi connectivity index (χ2n) is 2.51. The van der Waals surface area contributed by atoms with Crippen molar-refractivity contribution in [2.75, 3.05) is 0 Å². The fraction of sp³-hybridized carbons (Fsp3) is 0.500. The zero-order valence-electron chi connectivity index (χ0n) is 3.89. The lowest BCUT2D eigenvalue weighted by Gasteiger charge is -2.29. The second kappa shape index (κ2) is 0.507. The predicted octanol–water partition coefficient (Wildman–Crippen LogP) is 0.770. The Hall–Kier alpha value is -0.590. The number of hydrogen-bond donors (Lipinski definition) is 0. The van der Waals surface area contributed by atoms with E-state index in [1.54, 1.807) is 5.57 Å². The van der Waals surface area contributed by atoms with Gasteiger partial charge in [0.2, 0.25) is 0 Å². The number of nitrogens with zero attached hydrogens (tertiary/aromatic N) is 1. The molecule has 0 aromatic rings. The Morgan fingerprint density at radius 3 is 2.86 bits per heavy atom. The maximum Gasteiger partial charge on any atom is 0.0827 e. The Labute approximate surface area is 41.8 Å². The molecule has 2 heterocycles. The van der Waals surface area contributed by atoms with E-state index < -0.39 is 0 Å². The molecule has 2 aliphatic heterocycles. The molecule has 7 heavy (non-hydrogen) atoms. The Morgan fingerprint density at radius 1 is 1.71 bits per heavy atom. The molecule has 2 unspecified atom stereocenters. The summed E-state index contributed by atoms with van der Waals surface area (Å²) < 4.78 is 0. The van der Waals surface area contributed by atoms with E-state index in [1.165, 1.54) is 12.1 Å². The molecule has 0 aromatic carbocycles. The number of aliphatic imine (C=N–C) groups is 1. The smallest absolute Gasteiger partial charge is 0.0827 e. The highest BCUT2D eigenvalue weighted by molar-refractivity contribution is 6.04. The van der Waals surface area contributed by atoms with E-state index in [0.717, 1.165) is 5.92 Å². The fourth-order valence-corrected chi connectivity index (χ4v) is 1.69. The lowest BCUT2D eigenvalue weighted by molar-refractivity contribution is 0.612. The van der Waals surface area contributed by atoms with Crippen LogP contribution in [0.4, 0.5) is 0 Å². The van der Waals surface area contributed by atoms with Crippen LogP contribution in [0.15, 0.2) is 16.6 Å². The molecule has 1 fully saturated rings. The van der Waals surface area contributed by atoms with Crippen LogP contribution in [0, 0.1) is 5.92 Å².